The molecule has 0 heterocycles. The minimum absolute atomic E-state index is 0.00539. The Bertz CT molecular complexity index is 438. The number of halogens is 1. The number of benzene rings is 1. The zero-order valence-corrected chi connectivity index (χ0v) is 10.7. The number of methoxy groups -OCH3 is 1. The number of hydrogen-bond acceptors (Lipinski definition) is 2. The maximum Gasteiger partial charge on any atom is 0.144 e. The number of rotatable bonds is 3. The lowest BCUT2D eigenvalue weighted by Gasteiger charge is -2.10. The average Bonchev–Trinajstić information content (AvgIpc) is 2.24. The molecule has 0 aliphatic carbocycles. The minimum Gasteiger partial charge on any atom is -0.494 e. The van der Waals surface area contributed by atoms with Crippen molar-refractivity contribution in [3.8, 4) is 17.6 Å². The van der Waals surface area contributed by atoms with E-state index in [1.807, 2.05) is 0 Å². The zero-order chi connectivity index (χ0) is 12.9. The van der Waals surface area contributed by atoms with E-state index in [1.54, 1.807) is 6.07 Å². The number of ether oxygens (including phenoxy) is 1. The molecule has 0 saturated heterocycles. The highest BCUT2D eigenvalue weighted by molar-refractivity contribution is 5.57. The van der Waals surface area contributed by atoms with Crippen LogP contribution in [0.4, 0.5) is 10.1 Å². The van der Waals surface area contributed by atoms with Crippen LogP contribution in [0.2, 0.25) is 0 Å². The molecular formula is C14H18FNO. The van der Waals surface area contributed by atoms with Gasteiger partial charge < -0.3 is 10.1 Å². The summed E-state index contributed by atoms with van der Waals surface area (Å²) in [5, 5.41) is 3.10. The summed E-state index contributed by atoms with van der Waals surface area (Å²) in [7, 11) is 1.51. The monoisotopic (exact) mass is 235 g/mol. The predicted molar refractivity (Wildman–Crippen MR) is 68.7 cm³/mol. The zero-order valence-electron chi connectivity index (χ0n) is 10.7. The third-order valence-corrected chi connectivity index (χ3v) is 1.99. The Morgan fingerprint density at radius 1 is 1.35 bits per heavy atom. The van der Waals surface area contributed by atoms with Crippen LogP contribution in [0.3, 0.4) is 0 Å². The first-order valence-electron chi connectivity index (χ1n) is 5.50. The summed E-state index contributed by atoms with van der Waals surface area (Å²) in [5.74, 6) is 6.32. The Hall–Kier alpha value is -1.69. The molecule has 1 aromatic carbocycles. The van der Waals surface area contributed by atoms with Crippen molar-refractivity contribution in [3.05, 3.63) is 24.0 Å². The van der Waals surface area contributed by atoms with E-state index >= 15 is 0 Å². The molecule has 0 radical (unpaired) electrons. The molecule has 0 bridgehead atoms. The van der Waals surface area contributed by atoms with Gasteiger partial charge in [0.05, 0.1) is 19.3 Å². The fraction of sp³-hybridized carbons (Fsp3) is 0.429. The van der Waals surface area contributed by atoms with E-state index in [2.05, 4.69) is 37.9 Å². The Morgan fingerprint density at radius 3 is 2.65 bits per heavy atom. The van der Waals surface area contributed by atoms with Gasteiger partial charge in [0.15, 0.2) is 0 Å². The second-order valence-corrected chi connectivity index (χ2v) is 4.75. The second kappa shape index (κ2) is 5.58. The van der Waals surface area contributed by atoms with Gasteiger partial charge >= 0.3 is 0 Å². The highest BCUT2D eigenvalue weighted by Crippen LogP contribution is 2.24. The van der Waals surface area contributed by atoms with Crippen LogP contribution in [0.1, 0.15) is 20.8 Å². The van der Waals surface area contributed by atoms with Gasteiger partial charge in [-0.15, -0.1) is 0 Å². The third kappa shape index (κ3) is 4.78. The van der Waals surface area contributed by atoms with E-state index < -0.39 is 0 Å². The summed E-state index contributed by atoms with van der Waals surface area (Å²) in [6.45, 7) is 6.68. The summed E-state index contributed by atoms with van der Waals surface area (Å²) >= 11 is 0. The van der Waals surface area contributed by atoms with Crippen molar-refractivity contribution in [2.24, 2.45) is 5.41 Å². The van der Waals surface area contributed by atoms with Crippen molar-refractivity contribution in [1.29, 1.82) is 0 Å². The lowest BCUT2D eigenvalue weighted by atomic mass is 9.98. The summed E-state index contributed by atoms with van der Waals surface area (Å²) in [4.78, 5) is 0. The summed E-state index contributed by atoms with van der Waals surface area (Å²) in [6.07, 6.45) is 0. The molecule has 1 aromatic rings. The Kier molecular flexibility index (Phi) is 4.39. The first kappa shape index (κ1) is 13.4. The van der Waals surface area contributed by atoms with E-state index in [-0.39, 0.29) is 11.2 Å². The molecule has 1 rings (SSSR count). The molecule has 0 spiro atoms. The van der Waals surface area contributed by atoms with Gasteiger partial charge in [-0.05, 0) is 32.9 Å². The summed E-state index contributed by atoms with van der Waals surface area (Å²) in [6, 6.07) is 4.38. The average molecular weight is 235 g/mol. The van der Waals surface area contributed by atoms with Crippen LogP contribution in [0.5, 0.6) is 5.75 Å². The van der Waals surface area contributed by atoms with Crippen molar-refractivity contribution in [2.45, 2.75) is 20.8 Å². The Morgan fingerprint density at radius 2 is 2.06 bits per heavy atom. The first-order chi connectivity index (χ1) is 7.92. The maximum atomic E-state index is 12.9. The molecule has 92 valence electrons. The molecule has 0 saturated carbocycles. The quantitative estimate of drug-likeness (QED) is 0.812. The van der Waals surface area contributed by atoms with Crippen LogP contribution in [0, 0.1) is 23.1 Å². The molecule has 0 amide bonds. The van der Waals surface area contributed by atoms with E-state index in [0.717, 1.165) is 5.69 Å². The van der Waals surface area contributed by atoms with Crippen molar-refractivity contribution < 1.29 is 9.13 Å². The Balaban J connectivity index is 2.66. The van der Waals surface area contributed by atoms with Crippen molar-refractivity contribution in [3.63, 3.8) is 0 Å². The molecule has 0 aliphatic heterocycles. The van der Waals surface area contributed by atoms with Crippen molar-refractivity contribution in [2.75, 3.05) is 19.0 Å². The lowest BCUT2D eigenvalue weighted by molar-refractivity contribution is 0.413. The molecule has 0 aromatic heterocycles. The molecule has 0 fully saturated rings. The van der Waals surface area contributed by atoms with Crippen LogP contribution in [0.15, 0.2) is 18.2 Å². The van der Waals surface area contributed by atoms with Gasteiger partial charge in [-0.25, -0.2) is 4.39 Å². The molecule has 0 unspecified atom stereocenters. The standard InChI is InChI=1S/C14H18FNO/c1-14(2,3)8-5-9-16-12-7-6-11(15)10-13(12)17-4/h6-7,10,16H,9H2,1-4H3. The van der Waals surface area contributed by atoms with Crippen LogP contribution in [-0.4, -0.2) is 13.7 Å². The second-order valence-electron chi connectivity index (χ2n) is 4.75. The van der Waals surface area contributed by atoms with Crippen LogP contribution in [0.25, 0.3) is 0 Å². The van der Waals surface area contributed by atoms with E-state index in [0.29, 0.717) is 12.3 Å². The normalized spacial score (nSPS) is 10.4. The third-order valence-electron chi connectivity index (χ3n) is 1.99. The lowest BCUT2D eigenvalue weighted by Crippen LogP contribution is -2.04. The number of nitrogens with one attached hydrogen (secondary N) is 1. The largest absolute Gasteiger partial charge is 0.494 e. The van der Waals surface area contributed by atoms with E-state index in [9.17, 15) is 4.39 Å². The van der Waals surface area contributed by atoms with Crippen LogP contribution in [-0.2, 0) is 0 Å². The van der Waals surface area contributed by atoms with Gasteiger partial charge in [-0.1, -0.05) is 11.8 Å². The molecule has 0 aliphatic rings. The summed E-state index contributed by atoms with van der Waals surface area (Å²) < 4.78 is 18.0. The smallest absolute Gasteiger partial charge is 0.144 e. The molecule has 2 nitrogen and oxygen atoms in total. The number of anilines is 1. The fourth-order valence-corrected chi connectivity index (χ4v) is 1.26. The molecule has 1 N–H and O–H groups in total. The SMILES string of the molecule is COc1cc(F)ccc1NCC#CC(C)(C)C. The van der Waals surface area contributed by atoms with Crippen LogP contribution < -0.4 is 10.1 Å². The molecule has 3 heteroatoms. The minimum atomic E-state index is -0.312. The van der Waals surface area contributed by atoms with Gasteiger partial charge in [0.2, 0.25) is 0 Å². The van der Waals surface area contributed by atoms with Gasteiger partial charge in [0, 0.05) is 11.5 Å². The highest BCUT2D eigenvalue weighted by Gasteiger charge is 2.04. The first-order valence-corrected chi connectivity index (χ1v) is 5.50. The van der Waals surface area contributed by atoms with Crippen molar-refractivity contribution in [1.82, 2.24) is 0 Å². The van der Waals surface area contributed by atoms with Gasteiger partial charge in [-0.3, -0.25) is 0 Å². The van der Waals surface area contributed by atoms with Gasteiger partial charge in [0.25, 0.3) is 0 Å². The summed E-state index contributed by atoms with van der Waals surface area (Å²) in [5.41, 5.74) is 0.742. The molecular weight excluding hydrogens is 217 g/mol. The fourth-order valence-electron chi connectivity index (χ4n) is 1.26. The topological polar surface area (TPSA) is 21.3 Å². The van der Waals surface area contributed by atoms with E-state index in [1.165, 1.54) is 19.2 Å². The Labute approximate surface area is 102 Å². The molecule has 0 atom stereocenters. The van der Waals surface area contributed by atoms with E-state index in [4.69, 9.17) is 4.74 Å². The molecule has 17 heavy (non-hydrogen) atoms. The highest BCUT2D eigenvalue weighted by atomic mass is 19.1. The van der Waals surface area contributed by atoms with Gasteiger partial charge in [-0.2, -0.15) is 0 Å². The predicted octanol–water partition coefficient (Wildman–Crippen LogP) is 3.30. The van der Waals surface area contributed by atoms with Gasteiger partial charge in [0.1, 0.15) is 11.6 Å². The maximum absolute atomic E-state index is 12.9. The number of hydrogen-bond donors (Lipinski definition) is 1. The van der Waals surface area contributed by atoms with Crippen LogP contribution >= 0.6 is 0 Å². The van der Waals surface area contributed by atoms with Crippen molar-refractivity contribution >= 4 is 5.69 Å².